The molecule has 23 heavy (non-hydrogen) atoms. The molecule has 1 amide bonds. The number of thiophene rings is 1. The fourth-order valence-corrected chi connectivity index (χ4v) is 3.14. The van der Waals surface area contributed by atoms with Gasteiger partial charge in [-0.05, 0) is 17.0 Å². The van der Waals surface area contributed by atoms with Crippen molar-refractivity contribution in [2.45, 2.75) is 19.4 Å². The molecule has 0 fully saturated rings. The summed E-state index contributed by atoms with van der Waals surface area (Å²) < 4.78 is 2.13. The van der Waals surface area contributed by atoms with Gasteiger partial charge < -0.3 is 9.88 Å². The normalized spacial score (nSPS) is 10.6. The highest BCUT2D eigenvalue weighted by atomic mass is 32.1. The van der Waals surface area contributed by atoms with Gasteiger partial charge in [-0.25, -0.2) is 4.98 Å². The molecule has 0 aliphatic rings. The Morgan fingerprint density at radius 2 is 2.04 bits per heavy atom. The molecule has 0 aliphatic heterocycles. The van der Waals surface area contributed by atoms with E-state index >= 15 is 0 Å². The van der Waals surface area contributed by atoms with E-state index in [1.807, 2.05) is 48.1 Å². The number of carbonyl (C=O) groups is 1. The summed E-state index contributed by atoms with van der Waals surface area (Å²) in [6.07, 6.45) is 4.98. The van der Waals surface area contributed by atoms with Crippen LogP contribution in [0.1, 0.15) is 16.3 Å². The number of nitrogens with one attached hydrogen (secondary N) is 1. The smallest absolute Gasteiger partial charge is 0.225 e. The third-order valence-electron chi connectivity index (χ3n) is 3.58. The minimum Gasteiger partial charge on any atom is -0.355 e. The number of nitrogens with zero attached hydrogens (tertiary/aromatic N) is 2. The number of benzene rings is 1. The zero-order valence-electron chi connectivity index (χ0n) is 12.8. The van der Waals surface area contributed by atoms with Crippen LogP contribution >= 0.6 is 11.3 Å². The van der Waals surface area contributed by atoms with Crippen molar-refractivity contribution in [1.29, 1.82) is 0 Å². The summed E-state index contributed by atoms with van der Waals surface area (Å²) >= 11 is 1.61. The molecular formula is C18H19N3OS. The molecule has 0 aliphatic carbocycles. The van der Waals surface area contributed by atoms with Gasteiger partial charge in [-0.15, -0.1) is 11.3 Å². The monoisotopic (exact) mass is 325 g/mol. The molecule has 0 saturated carbocycles. The fraction of sp³-hybridized carbons (Fsp3) is 0.222. The topological polar surface area (TPSA) is 46.9 Å². The number of imidazole rings is 1. The van der Waals surface area contributed by atoms with Gasteiger partial charge in [0.05, 0.1) is 6.42 Å². The quantitative estimate of drug-likeness (QED) is 0.726. The fourth-order valence-electron chi connectivity index (χ4n) is 2.44. The molecule has 0 saturated heterocycles. The number of rotatable bonds is 7. The van der Waals surface area contributed by atoms with Gasteiger partial charge in [0.15, 0.2) is 0 Å². The summed E-state index contributed by atoms with van der Waals surface area (Å²) in [6.45, 7) is 1.41. The predicted molar refractivity (Wildman–Crippen MR) is 92.5 cm³/mol. The molecular weight excluding hydrogens is 306 g/mol. The van der Waals surface area contributed by atoms with Crippen LogP contribution in [-0.2, 0) is 24.2 Å². The Kier molecular flexibility index (Phi) is 5.21. The molecule has 0 bridgehead atoms. The summed E-state index contributed by atoms with van der Waals surface area (Å²) in [4.78, 5) is 17.4. The Balaban J connectivity index is 1.49. The lowest BCUT2D eigenvalue weighted by atomic mass is 10.2. The van der Waals surface area contributed by atoms with Crippen molar-refractivity contribution < 1.29 is 4.79 Å². The van der Waals surface area contributed by atoms with Crippen LogP contribution in [0.4, 0.5) is 0 Å². The molecule has 1 N–H and O–H groups in total. The lowest BCUT2D eigenvalue weighted by molar-refractivity contribution is -0.120. The maximum Gasteiger partial charge on any atom is 0.225 e. The second-order valence-electron chi connectivity index (χ2n) is 5.31. The molecule has 0 radical (unpaired) electrons. The molecule has 0 spiro atoms. The Hall–Kier alpha value is -2.40. The average Bonchev–Trinajstić information content (AvgIpc) is 3.21. The van der Waals surface area contributed by atoms with Gasteiger partial charge in [0, 0.05) is 36.8 Å². The maximum atomic E-state index is 11.9. The molecule has 3 aromatic rings. The minimum atomic E-state index is 0.0635. The van der Waals surface area contributed by atoms with Crippen molar-refractivity contribution in [2.24, 2.45) is 0 Å². The van der Waals surface area contributed by atoms with E-state index in [1.54, 1.807) is 11.3 Å². The van der Waals surface area contributed by atoms with Gasteiger partial charge in [0.2, 0.25) is 5.91 Å². The van der Waals surface area contributed by atoms with Gasteiger partial charge in [-0.3, -0.25) is 4.79 Å². The van der Waals surface area contributed by atoms with Crippen molar-refractivity contribution in [1.82, 2.24) is 14.9 Å². The van der Waals surface area contributed by atoms with E-state index < -0.39 is 0 Å². The number of carbonyl (C=O) groups excluding carboxylic acids is 1. The molecule has 0 atom stereocenters. The lowest BCUT2D eigenvalue weighted by Gasteiger charge is -2.09. The Morgan fingerprint density at radius 3 is 2.83 bits per heavy atom. The number of amides is 1. The Labute approximate surface area is 139 Å². The first kappa shape index (κ1) is 15.5. The molecule has 4 nitrogen and oxygen atoms in total. The van der Waals surface area contributed by atoms with Crippen molar-refractivity contribution in [3.63, 3.8) is 0 Å². The first-order chi connectivity index (χ1) is 11.3. The summed E-state index contributed by atoms with van der Waals surface area (Å²) in [5, 5.41) is 4.95. The highest BCUT2D eigenvalue weighted by Crippen LogP contribution is 2.09. The van der Waals surface area contributed by atoms with Crippen LogP contribution < -0.4 is 5.32 Å². The van der Waals surface area contributed by atoms with Crippen molar-refractivity contribution in [3.8, 4) is 0 Å². The minimum absolute atomic E-state index is 0.0635. The van der Waals surface area contributed by atoms with Crippen molar-refractivity contribution in [2.75, 3.05) is 6.54 Å². The zero-order chi connectivity index (χ0) is 15.9. The maximum absolute atomic E-state index is 11.9. The van der Waals surface area contributed by atoms with E-state index in [-0.39, 0.29) is 5.91 Å². The van der Waals surface area contributed by atoms with Crippen LogP contribution in [0.5, 0.6) is 0 Å². The highest BCUT2D eigenvalue weighted by Gasteiger charge is 2.06. The van der Waals surface area contributed by atoms with E-state index in [0.717, 1.165) is 23.7 Å². The van der Waals surface area contributed by atoms with Crippen LogP contribution in [0.3, 0.4) is 0 Å². The van der Waals surface area contributed by atoms with Gasteiger partial charge >= 0.3 is 0 Å². The summed E-state index contributed by atoms with van der Waals surface area (Å²) in [5.74, 6) is 1.05. The van der Waals surface area contributed by atoms with Crippen molar-refractivity contribution >= 4 is 17.2 Å². The van der Waals surface area contributed by atoms with Gasteiger partial charge in [0.1, 0.15) is 5.82 Å². The second kappa shape index (κ2) is 7.74. The molecule has 3 rings (SSSR count). The van der Waals surface area contributed by atoms with E-state index in [0.29, 0.717) is 13.0 Å². The summed E-state index contributed by atoms with van der Waals surface area (Å²) in [7, 11) is 0. The zero-order valence-corrected chi connectivity index (χ0v) is 13.6. The highest BCUT2D eigenvalue weighted by molar-refractivity contribution is 7.10. The Morgan fingerprint density at radius 1 is 1.17 bits per heavy atom. The van der Waals surface area contributed by atoms with Crippen LogP contribution in [-0.4, -0.2) is 22.0 Å². The van der Waals surface area contributed by atoms with E-state index in [9.17, 15) is 4.79 Å². The third-order valence-corrected chi connectivity index (χ3v) is 4.46. The van der Waals surface area contributed by atoms with E-state index in [2.05, 4.69) is 27.0 Å². The molecule has 2 heterocycles. The van der Waals surface area contributed by atoms with Crippen molar-refractivity contribution in [3.05, 3.63) is 76.5 Å². The Bertz CT molecular complexity index is 735. The molecule has 118 valence electrons. The van der Waals surface area contributed by atoms with E-state index in [4.69, 9.17) is 0 Å². The predicted octanol–water partition coefficient (Wildman–Crippen LogP) is 2.89. The number of hydrogen-bond acceptors (Lipinski definition) is 3. The van der Waals surface area contributed by atoms with Crippen LogP contribution in [0.2, 0.25) is 0 Å². The molecule has 2 aromatic heterocycles. The largest absolute Gasteiger partial charge is 0.355 e. The summed E-state index contributed by atoms with van der Waals surface area (Å²) in [5.41, 5.74) is 1.24. The van der Waals surface area contributed by atoms with Gasteiger partial charge in [0.25, 0.3) is 0 Å². The lowest BCUT2D eigenvalue weighted by Crippen LogP contribution is -2.27. The van der Waals surface area contributed by atoms with Crippen LogP contribution in [0, 0.1) is 0 Å². The average molecular weight is 325 g/mol. The van der Waals surface area contributed by atoms with Gasteiger partial charge in [-0.1, -0.05) is 36.4 Å². The first-order valence-corrected chi connectivity index (χ1v) is 8.52. The van der Waals surface area contributed by atoms with Gasteiger partial charge in [-0.2, -0.15) is 0 Å². The van der Waals surface area contributed by atoms with E-state index in [1.165, 1.54) is 5.56 Å². The molecule has 1 aromatic carbocycles. The molecule has 5 heteroatoms. The third kappa shape index (κ3) is 4.53. The SMILES string of the molecule is O=C(Cc1cccs1)NCCc1nccn1Cc1ccccc1. The summed E-state index contributed by atoms with van der Waals surface area (Å²) in [6, 6.07) is 14.2. The van der Waals surface area contributed by atoms with Crippen LogP contribution in [0.15, 0.2) is 60.2 Å². The first-order valence-electron chi connectivity index (χ1n) is 7.64. The van der Waals surface area contributed by atoms with Crippen LogP contribution in [0.25, 0.3) is 0 Å². The number of hydrogen-bond donors (Lipinski definition) is 1. The number of aromatic nitrogens is 2. The molecule has 0 unspecified atom stereocenters. The second-order valence-corrected chi connectivity index (χ2v) is 6.35. The standard InChI is InChI=1S/C18H19N3OS/c22-18(13-16-7-4-12-23-16)20-9-8-17-19-10-11-21(17)14-15-5-2-1-3-6-15/h1-7,10-12H,8-9,13-14H2,(H,20,22).